The number of hydrogen-bond acceptors (Lipinski definition) is 5. The summed E-state index contributed by atoms with van der Waals surface area (Å²) in [6, 6.07) is 10.7. The summed E-state index contributed by atoms with van der Waals surface area (Å²) in [7, 11) is 3.13. The molecule has 1 N–H and O–H groups in total. The van der Waals surface area contributed by atoms with Crippen LogP contribution >= 0.6 is 31.9 Å². The van der Waals surface area contributed by atoms with Crippen LogP contribution in [0.25, 0.3) is 0 Å². The fourth-order valence-electron chi connectivity index (χ4n) is 1.88. The van der Waals surface area contributed by atoms with E-state index in [1.807, 2.05) is 12.1 Å². The Morgan fingerprint density at radius 1 is 1.08 bits per heavy atom. The van der Waals surface area contributed by atoms with E-state index in [1.165, 1.54) is 13.3 Å². The standard InChI is InChI=1S/C17H16Br2N2O4/c1-23-14-5-3-11(7-13(14)19)9-20-21-17(22)10-25-15-6-4-12(18)8-16(15)24-2/h3-9H,10H2,1-2H3,(H,21,22)/b20-9-. The molecule has 0 aromatic heterocycles. The van der Waals surface area contributed by atoms with Crippen LogP contribution in [0.4, 0.5) is 0 Å². The molecule has 6 nitrogen and oxygen atoms in total. The van der Waals surface area contributed by atoms with Crippen molar-refractivity contribution in [1.82, 2.24) is 5.43 Å². The number of carbonyl (C=O) groups is 1. The van der Waals surface area contributed by atoms with Crippen LogP contribution in [0.5, 0.6) is 17.2 Å². The second kappa shape index (κ2) is 9.43. The highest BCUT2D eigenvalue weighted by molar-refractivity contribution is 9.10. The van der Waals surface area contributed by atoms with Crippen LogP contribution in [0, 0.1) is 0 Å². The van der Waals surface area contributed by atoms with Crippen LogP contribution in [-0.4, -0.2) is 32.9 Å². The first-order chi connectivity index (χ1) is 12.0. The Kier molecular flexibility index (Phi) is 7.27. The maximum absolute atomic E-state index is 11.8. The molecule has 0 unspecified atom stereocenters. The minimum absolute atomic E-state index is 0.179. The summed E-state index contributed by atoms with van der Waals surface area (Å²) >= 11 is 6.73. The van der Waals surface area contributed by atoms with Gasteiger partial charge in [-0.2, -0.15) is 5.10 Å². The van der Waals surface area contributed by atoms with Crippen molar-refractivity contribution in [2.24, 2.45) is 5.10 Å². The van der Waals surface area contributed by atoms with Crippen molar-refractivity contribution in [1.29, 1.82) is 0 Å². The van der Waals surface area contributed by atoms with Gasteiger partial charge in [0.2, 0.25) is 0 Å². The molecule has 0 aliphatic rings. The van der Waals surface area contributed by atoms with Gasteiger partial charge in [0.05, 0.1) is 24.9 Å². The van der Waals surface area contributed by atoms with Gasteiger partial charge in [-0.1, -0.05) is 15.9 Å². The Morgan fingerprint density at radius 2 is 1.80 bits per heavy atom. The second-order valence-electron chi connectivity index (χ2n) is 4.77. The van der Waals surface area contributed by atoms with Crippen LogP contribution in [0.15, 0.2) is 50.4 Å². The lowest BCUT2D eigenvalue weighted by Gasteiger charge is -2.10. The molecular weight excluding hydrogens is 456 g/mol. The monoisotopic (exact) mass is 470 g/mol. The summed E-state index contributed by atoms with van der Waals surface area (Å²) in [6.07, 6.45) is 1.53. The Balaban J connectivity index is 1.87. The van der Waals surface area contributed by atoms with E-state index < -0.39 is 0 Å². The van der Waals surface area contributed by atoms with Crippen molar-refractivity contribution in [2.45, 2.75) is 0 Å². The number of nitrogens with zero attached hydrogens (tertiary/aromatic N) is 1. The third-order valence-electron chi connectivity index (χ3n) is 3.06. The summed E-state index contributed by atoms with van der Waals surface area (Å²) in [5.74, 6) is 1.35. The van der Waals surface area contributed by atoms with Gasteiger partial charge in [0, 0.05) is 4.47 Å². The first-order valence-electron chi connectivity index (χ1n) is 7.15. The summed E-state index contributed by atoms with van der Waals surface area (Å²) in [5.41, 5.74) is 3.22. The van der Waals surface area contributed by atoms with Crippen molar-refractivity contribution in [3.8, 4) is 17.2 Å². The zero-order valence-corrected chi connectivity index (χ0v) is 16.8. The van der Waals surface area contributed by atoms with Crippen molar-refractivity contribution in [3.05, 3.63) is 50.9 Å². The molecule has 2 aromatic rings. The Bertz CT molecular complexity index is 781. The van der Waals surface area contributed by atoms with E-state index >= 15 is 0 Å². The average molecular weight is 472 g/mol. The van der Waals surface area contributed by atoms with Crippen LogP contribution in [-0.2, 0) is 4.79 Å². The lowest BCUT2D eigenvalue weighted by atomic mass is 10.2. The fourth-order valence-corrected chi connectivity index (χ4v) is 2.78. The molecule has 0 spiro atoms. The van der Waals surface area contributed by atoms with E-state index in [4.69, 9.17) is 14.2 Å². The van der Waals surface area contributed by atoms with E-state index in [0.717, 1.165) is 20.3 Å². The topological polar surface area (TPSA) is 69.2 Å². The molecule has 0 atom stereocenters. The lowest BCUT2D eigenvalue weighted by Crippen LogP contribution is -2.24. The van der Waals surface area contributed by atoms with Gasteiger partial charge >= 0.3 is 0 Å². The normalized spacial score (nSPS) is 10.6. The van der Waals surface area contributed by atoms with Crippen LogP contribution < -0.4 is 19.6 Å². The second-order valence-corrected chi connectivity index (χ2v) is 6.54. The van der Waals surface area contributed by atoms with Crippen LogP contribution in [0.1, 0.15) is 5.56 Å². The number of methoxy groups -OCH3 is 2. The molecule has 1 amide bonds. The molecule has 0 heterocycles. The average Bonchev–Trinajstić information content (AvgIpc) is 2.60. The molecule has 0 bridgehead atoms. The predicted octanol–water partition coefficient (Wildman–Crippen LogP) is 3.76. The van der Waals surface area contributed by atoms with E-state index in [0.29, 0.717) is 11.5 Å². The molecule has 0 saturated heterocycles. The van der Waals surface area contributed by atoms with Gasteiger partial charge in [0.25, 0.3) is 5.91 Å². The van der Waals surface area contributed by atoms with Crippen LogP contribution in [0.3, 0.4) is 0 Å². The largest absolute Gasteiger partial charge is 0.496 e. The minimum atomic E-state index is -0.381. The highest BCUT2D eigenvalue weighted by Gasteiger charge is 2.07. The number of ether oxygens (including phenoxy) is 3. The quantitative estimate of drug-likeness (QED) is 0.493. The van der Waals surface area contributed by atoms with Crippen molar-refractivity contribution in [2.75, 3.05) is 20.8 Å². The maximum Gasteiger partial charge on any atom is 0.277 e. The van der Waals surface area contributed by atoms with Gasteiger partial charge in [-0.25, -0.2) is 5.43 Å². The number of benzene rings is 2. The first kappa shape index (κ1) is 19.3. The summed E-state index contributed by atoms with van der Waals surface area (Å²) < 4.78 is 17.4. The first-order valence-corrected chi connectivity index (χ1v) is 8.74. The number of nitrogens with one attached hydrogen (secondary N) is 1. The summed E-state index contributed by atoms with van der Waals surface area (Å²) in [4.78, 5) is 11.8. The van der Waals surface area contributed by atoms with Gasteiger partial charge in [0.15, 0.2) is 18.1 Å². The van der Waals surface area contributed by atoms with Crippen molar-refractivity contribution < 1.29 is 19.0 Å². The molecule has 0 radical (unpaired) electrons. The summed E-state index contributed by atoms with van der Waals surface area (Å²) in [5, 5.41) is 3.90. The Hall–Kier alpha value is -2.06. The van der Waals surface area contributed by atoms with Crippen molar-refractivity contribution in [3.63, 3.8) is 0 Å². The van der Waals surface area contributed by atoms with E-state index in [2.05, 4.69) is 42.4 Å². The van der Waals surface area contributed by atoms with Gasteiger partial charge in [-0.15, -0.1) is 0 Å². The highest BCUT2D eigenvalue weighted by Crippen LogP contribution is 2.30. The molecule has 0 aliphatic heterocycles. The number of amides is 1. The van der Waals surface area contributed by atoms with Gasteiger partial charge < -0.3 is 14.2 Å². The molecule has 132 valence electrons. The van der Waals surface area contributed by atoms with Gasteiger partial charge in [-0.3, -0.25) is 4.79 Å². The van der Waals surface area contributed by atoms with E-state index in [1.54, 1.807) is 31.4 Å². The SMILES string of the molecule is COc1ccc(/C=N\NC(=O)COc2ccc(Br)cc2OC)cc1Br. The minimum Gasteiger partial charge on any atom is -0.496 e. The molecule has 25 heavy (non-hydrogen) atoms. The number of rotatable bonds is 7. The highest BCUT2D eigenvalue weighted by atomic mass is 79.9. The molecule has 0 fully saturated rings. The molecule has 2 aromatic carbocycles. The maximum atomic E-state index is 11.8. The molecule has 0 saturated carbocycles. The summed E-state index contributed by atoms with van der Waals surface area (Å²) in [6.45, 7) is -0.179. The lowest BCUT2D eigenvalue weighted by molar-refractivity contribution is -0.123. The molecule has 0 aliphatic carbocycles. The zero-order valence-electron chi connectivity index (χ0n) is 13.6. The van der Waals surface area contributed by atoms with Gasteiger partial charge in [-0.05, 0) is 57.9 Å². The fraction of sp³-hybridized carbons (Fsp3) is 0.176. The van der Waals surface area contributed by atoms with Gasteiger partial charge in [0.1, 0.15) is 5.75 Å². The Morgan fingerprint density at radius 3 is 2.48 bits per heavy atom. The molecule has 2 rings (SSSR count). The Labute approximate surface area is 162 Å². The third-order valence-corrected chi connectivity index (χ3v) is 4.18. The molecular formula is C17H16Br2N2O4. The number of hydrogen-bond donors (Lipinski definition) is 1. The molecule has 8 heteroatoms. The van der Waals surface area contributed by atoms with Crippen LogP contribution in [0.2, 0.25) is 0 Å². The zero-order chi connectivity index (χ0) is 18.2. The smallest absolute Gasteiger partial charge is 0.277 e. The van der Waals surface area contributed by atoms with Crippen molar-refractivity contribution >= 4 is 44.0 Å². The number of halogens is 2. The predicted molar refractivity (Wildman–Crippen MR) is 103 cm³/mol. The van der Waals surface area contributed by atoms with E-state index in [9.17, 15) is 4.79 Å². The van der Waals surface area contributed by atoms with E-state index in [-0.39, 0.29) is 12.5 Å². The number of hydrazone groups is 1. The number of carbonyl (C=O) groups excluding carboxylic acids is 1. The third kappa shape index (κ3) is 5.75.